The summed E-state index contributed by atoms with van der Waals surface area (Å²) in [6, 6.07) is 9.28. The van der Waals surface area contributed by atoms with Crippen LogP contribution in [0.5, 0.6) is 0 Å². The topological polar surface area (TPSA) is 167 Å². The van der Waals surface area contributed by atoms with Crippen molar-refractivity contribution in [2.45, 2.75) is 31.3 Å². The maximum atomic E-state index is 12.4. The minimum Gasteiger partial charge on any atom is -0.480 e. The largest absolute Gasteiger partial charge is 0.480 e. The summed E-state index contributed by atoms with van der Waals surface area (Å²) in [6.45, 7) is 1.75. The van der Waals surface area contributed by atoms with E-state index in [1.54, 1.807) is 6.92 Å². The van der Waals surface area contributed by atoms with E-state index in [9.17, 15) is 14.7 Å². The number of benzene rings is 1. The summed E-state index contributed by atoms with van der Waals surface area (Å²) in [5, 5.41) is 12.0. The number of carbonyl (C=O) groups is 2. The van der Waals surface area contributed by atoms with E-state index in [1.165, 1.54) is 0 Å². The molecule has 1 aliphatic rings. The number of nitrogens with one attached hydrogen (secondary N) is 1. The molecule has 1 aromatic carbocycles. The van der Waals surface area contributed by atoms with Crippen molar-refractivity contribution < 1.29 is 28.3 Å². The summed E-state index contributed by atoms with van der Waals surface area (Å²) in [5.74, 6) is -0.787. The second-order valence-corrected chi connectivity index (χ2v) is 8.16. The van der Waals surface area contributed by atoms with Gasteiger partial charge in [-0.1, -0.05) is 30.3 Å². The summed E-state index contributed by atoms with van der Waals surface area (Å²) in [4.78, 5) is 32.7. The van der Waals surface area contributed by atoms with Gasteiger partial charge in [0.05, 0.1) is 0 Å². The first-order chi connectivity index (χ1) is 15.4. The normalized spacial score (nSPS) is 15.4. The van der Waals surface area contributed by atoms with E-state index in [-0.39, 0.29) is 34.7 Å². The van der Waals surface area contributed by atoms with Gasteiger partial charge in [-0.3, -0.25) is 10.1 Å². The third-order valence-corrected chi connectivity index (χ3v) is 6.09. The highest BCUT2D eigenvalue weighted by molar-refractivity contribution is 7.10. The average molecular weight is 455 g/mol. The molecule has 1 fully saturated rings. The molecule has 164 valence electrons. The number of carbonyl (C=O) groups excluding carboxylic acids is 1. The van der Waals surface area contributed by atoms with Crippen molar-refractivity contribution >= 4 is 46.5 Å². The molecule has 1 atom stereocenters. The number of hydrogen-bond donors (Lipinski definition) is 3. The number of oxazole rings is 2. The summed E-state index contributed by atoms with van der Waals surface area (Å²) in [6.07, 6.45) is -0.312. The lowest BCUT2D eigenvalue weighted by atomic mass is 10.1. The van der Waals surface area contributed by atoms with Gasteiger partial charge in [-0.2, -0.15) is 14.3 Å². The third-order valence-electron chi connectivity index (χ3n) is 5.24. The van der Waals surface area contributed by atoms with Crippen molar-refractivity contribution in [3.63, 3.8) is 0 Å². The van der Waals surface area contributed by atoms with Crippen LogP contribution in [0.2, 0.25) is 0 Å². The second-order valence-electron chi connectivity index (χ2n) is 7.39. The molecule has 11 nitrogen and oxygen atoms in total. The van der Waals surface area contributed by atoms with E-state index >= 15 is 0 Å². The molecule has 0 saturated heterocycles. The van der Waals surface area contributed by atoms with Crippen molar-refractivity contribution in [1.82, 2.24) is 14.3 Å². The smallest absolute Gasteiger partial charge is 0.412 e. The fourth-order valence-electron chi connectivity index (χ4n) is 3.24. The van der Waals surface area contributed by atoms with Crippen molar-refractivity contribution in [2.24, 2.45) is 0 Å². The number of nitrogen functional groups attached to an aromatic ring is 1. The lowest BCUT2D eigenvalue weighted by Crippen LogP contribution is -2.19. The van der Waals surface area contributed by atoms with Gasteiger partial charge in [0.2, 0.25) is 17.4 Å². The van der Waals surface area contributed by atoms with Gasteiger partial charge in [0, 0.05) is 0 Å². The molecule has 5 rings (SSSR count). The lowest BCUT2D eigenvalue weighted by molar-refractivity contribution is -0.140. The molecular formula is C20H17N5O6S. The monoisotopic (exact) mass is 455 g/mol. The van der Waals surface area contributed by atoms with Crippen LogP contribution >= 0.6 is 11.5 Å². The Labute approximate surface area is 184 Å². The molecule has 4 aromatic rings. The van der Waals surface area contributed by atoms with Gasteiger partial charge >= 0.3 is 17.8 Å². The minimum atomic E-state index is -1.11. The number of rotatable bonds is 6. The molecule has 1 saturated carbocycles. The van der Waals surface area contributed by atoms with Gasteiger partial charge in [-0.05, 0) is 36.9 Å². The molecule has 1 aliphatic carbocycles. The Morgan fingerprint density at radius 2 is 2.00 bits per heavy atom. The van der Waals surface area contributed by atoms with E-state index in [1.807, 2.05) is 30.3 Å². The van der Waals surface area contributed by atoms with Gasteiger partial charge in [0.15, 0.2) is 5.82 Å². The van der Waals surface area contributed by atoms with Gasteiger partial charge in [-0.15, -0.1) is 0 Å². The quantitative estimate of drug-likeness (QED) is 0.387. The molecule has 3 aromatic heterocycles. The molecule has 3 heterocycles. The molecule has 4 N–H and O–H groups in total. The lowest BCUT2D eigenvalue weighted by Gasteiger charge is -2.14. The Morgan fingerprint density at radius 1 is 1.25 bits per heavy atom. The van der Waals surface area contributed by atoms with Gasteiger partial charge in [0.1, 0.15) is 22.1 Å². The van der Waals surface area contributed by atoms with Gasteiger partial charge < -0.3 is 24.4 Å². The van der Waals surface area contributed by atoms with E-state index < -0.39 is 23.6 Å². The summed E-state index contributed by atoms with van der Waals surface area (Å²) < 4.78 is 20.6. The molecular weight excluding hydrogens is 438 g/mol. The van der Waals surface area contributed by atoms with Gasteiger partial charge in [-0.25, -0.2) is 4.79 Å². The number of fused-ring (bicyclic) bond motifs is 1. The maximum Gasteiger partial charge on any atom is 0.412 e. The number of nitrogens with two attached hydrogens (primary N) is 1. The third kappa shape index (κ3) is 3.34. The Morgan fingerprint density at radius 3 is 2.66 bits per heavy atom. The predicted octanol–water partition coefficient (Wildman–Crippen LogP) is 3.95. The zero-order valence-corrected chi connectivity index (χ0v) is 17.5. The number of carboxylic acids is 1. The molecule has 12 heteroatoms. The van der Waals surface area contributed by atoms with Crippen LogP contribution in [0.15, 0.2) is 39.2 Å². The van der Waals surface area contributed by atoms with E-state index in [0.29, 0.717) is 17.7 Å². The first kappa shape index (κ1) is 20.0. The highest BCUT2D eigenvalue weighted by Gasteiger charge is 2.56. The zero-order valence-electron chi connectivity index (χ0n) is 16.7. The van der Waals surface area contributed by atoms with Crippen LogP contribution in [-0.4, -0.2) is 31.5 Å². The van der Waals surface area contributed by atoms with Crippen LogP contribution in [0.3, 0.4) is 0 Å². The predicted molar refractivity (Wildman–Crippen MR) is 113 cm³/mol. The Hall–Kier alpha value is -3.93. The van der Waals surface area contributed by atoms with Gasteiger partial charge in [0.25, 0.3) is 0 Å². The summed E-state index contributed by atoms with van der Waals surface area (Å²) >= 11 is 0.967. The Kier molecular flexibility index (Phi) is 4.59. The number of hydrogen-bond acceptors (Lipinski definition) is 10. The number of carboxylic acid groups (broad SMARTS) is 1. The fourth-order valence-corrected chi connectivity index (χ4v) is 3.93. The number of anilines is 2. The summed E-state index contributed by atoms with van der Waals surface area (Å²) in [7, 11) is 0. The van der Waals surface area contributed by atoms with E-state index in [2.05, 4.69) is 19.7 Å². The van der Waals surface area contributed by atoms with Crippen LogP contribution in [0.25, 0.3) is 22.2 Å². The number of amides is 1. The van der Waals surface area contributed by atoms with Crippen molar-refractivity contribution in [3.8, 4) is 10.8 Å². The van der Waals surface area contributed by atoms with Crippen LogP contribution in [0, 0.1) is 0 Å². The maximum absolute atomic E-state index is 12.4. The van der Waals surface area contributed by atoms with Crippen LogP contribution in [0.4, 0.5) is 16.3 Å². The highest BCUT2D eigenvalue weighted by Crippen LogP contribution is 2.49. The van der Waals surface area contributed by atoms with E-state index in [4.69, 9.17) is 19.3 Å². The second kappa shape index (κ2) is 7.34. The average Bonchev–Trinajstić information content (AvgIpc) is 3.18. The zero-order chi connectivity index (χ0) is 22.5. The van der Waals surface area contributed by atoms with Crippen LogP contribution < -0.4 is 11.1 Å². The Bertz CT molecular complexity index is 1290. The summed E-state index contributed by atoms with van der Waals surface area (Å²) in [5.41, 5.74) is 5.96. The first-order valence-electron chi connectivity index (χ1n) is 9.67. The number of aromatic nitrogens is 3. The van der Waals surface area contributed by atoms with Crippen LogP contribution in [-0.2, 0) is 14.9 Å². The van der Waals surface area contributed by atoms with Crippen molar-refractivity contribution in [2.75, 3.05) is 11.1 Å². The standard InChI is InChI=1S/C20H17N5O6S/c1-9(10-5-3-2-4-6-10)29-19(28)22-11-12(32-25-13(11)21)15-23-14-16(30-15)31-17(24-14)20(7-8-20)18(26)27/h2-6,9H,7-8H2,1H3,(H2,21,25)(H,22,28)(H,26,27). The molecule has 1 unspecified atom stereocenters. The molecule has 32 heavy (non-hydrogen) atoms. The van der Waals surface area contributed by atoms with E-state index in [0.717, 1.165) is 17.1 Å². The molecule has 0 bridgehead atoms. The Balaban J connectivity index is 1.36. The highest BCUT2D eigenvalue weighted by atomic mass is 32.1. The van der Waals surface area contributed by atoms with Crippen LogP contribution in [0.1, 0.15) is 37.3 Å². The molecule has 0 aliphatic heterocycles. The SMILES string of the molecule is CC(OC(=O)Nc1c(N)nsc1-c1nc2nc(C3(C(=O)O)CC3)oc2o1)c1ccccc1. The van der Waals surface area contributed by atoms with Crippen molar-refractivity contribution in [3.05, 3.63) is 41.8 Å². The number of aliphatic carboxylic acids is 1. The minimum absolute atomic E-state index is 0.0132. The molecule has 0 radical (unpaired) electrons. The fraction of sp³-hybridized carbons (Fsp3) is 0.250. The first-order valence-corrected chi connectivity index (χ1v) is 10.4. The molecule has 1 amide bonds. The molecule has 0 spiro atoms. The van der Waals surface area contributed by atoms with Crippen molar-refractivity contribution in [1.29, 1.82) is 0 Å². The number of nitrogens with zero attached hydrogens (tertiary/aromatic N) is 3. The number of ether oxygens (including phenoxy) is 1.